The largest absolute Gasteiger partial charge is 0.389 e. The van der Waals surface area contributed by atoms with Crippen molar-refractivity contribution >= 4 is 21.6 Å². The number of benzene rings is 1. The highest BCUT2D eigenvalue weighted by molar-refractivity contribution is 9.10. The lowest BCUT2D eigenvalue weighted by Gasteiger charge is -2.29. The van der Waals surface area contributed by atoms with Crippen molar-refractivity contribution < 1.29 is 5.11 Å². The lowest BCUT2D eigenvalue weighted by Crippen LogP contribution is -2.37. The molecule has 1 N–H and O–H groups in total. The quantitative estimate of drug-likeness (QED) is 0.921. The fourth-order valence-corrected chi connectivity index (χ4v) is 3.17. The molecule has 1 fully saturated rings. The van der Waals surface area contributed by atoms with Crippen LogP contribution in [-0.2, 0) is 0 Å². The van der Waals surface area contributed by atoms with Crippen LogP contribution in [0, 0.1) is 0 Å². The molecule has 1 aliphatic heterocycles. The van der Waals surface area contributed by atoms with Crippen molar-refractivity contribution in [1.29, 1.82) is 0 Å². The SMILES string of the molecule is CC(O)c1ccc(Br)cc1N(C)CC1CCCN1C. The van der Waals surface area contributed by atoms with Crippen LogP contribution in [0.4, 0.5) is 5.69 Å². The van der Waals surface area contributed by atoms with Gasteiger partial charge in [-0.1, -0.05) is 22.0 Å². The molecule has 2 rings (SSSR count). The molecule has 1 saturated heterocycles. The van der Waals surface area contributed by atoms with Gasteiger partial charge in [0.2, 0.25) is 0 Å². The van der Waals surface area contributed by atoms with Gasteiger partial charge in [0.05, 0.1) is 6.10 Å². The molecule has 0 spiro atoms. The number of halogens is 1. The maximum atomic E-state index is 9.90. The summed E-state index contributed by atoms with van der Waals surface area (Å²) in [7, 11) is 4.31. The van der Waals surface area contributed by atoms with Gasteiger partial charge in [-0.15, -0.1) is 0 Å². The zero-order chi connectivity index (χ0) is 14.0. The van der Waals surface area contributed by atoms with Crippen LogP contribution in [-0.4, -0.2) is 43.2 Å². The molecule has 1 heterocycles. The van der Waals surface area contributed by atoms with Crippen LogP contribution in [0.5, 0.6) is 0 Å². The van der Waals surface area contributed by atoms with Gasteiger partial charge in [-0.05, 0) is 45.5 Å². The van der Waals surface area contributed by atoms with E-state index < -0.39 is 6.10 Å². The average molecular weight is 327 g/mol. The number of hydrogen-bond acceptors (Lipinski definition) is 3. The van der Waals surface area contributed by atoms with Crippen molar-refractivity contribution in [2.24, 2.45) is 0 Å². The van der Waals surface area contributed by atoms with E-state index in [0.717, 1.165) is 22.3 Å². The molecule has 1 aromatic rings. The highest BCUT2D eigenvalue weighted by atomic mass is 79.9. The second kappa shape index (κ2) is 6.25. The van der Waals surface area contributed by atoms with Gasteiger partial charge in [0.1, 0.15) is 0 Å². The summed E-state index contributed by atoms with van der Waals surface area (Å²) in [6.45, 7) is 4.02. The van der Waals surface area contributed by atoms with E-state index in [-0.39, 0.29) is 0 Å². The van der Waals surface area contributed by atoms with Gasteiger partial charge in [-0.3, -0.25) is 0 Å². The molecule has 0 aromatic heterocycles. The monoisotopic (exact) mass is 326 g/mol. The molecule has 106 valence electrons. The molecule has 2 atom stereocenters. The van der Waals surface area contributed by atoms with Crippen LogP contribution in [0.15, 0.2) is 22.7 Å². The van der Waals surface area contributed by atoms with Crippen molar-refractivity contribution in [3.63, 3.8) is 0 Å². The summed E-state index contributed by atoms with van der Waals surface area (Å²) in [5, 5.41) is 9.90. The van der Waals surface area contributed by atoms with Crippen LogP contribution in [0.1, 0.15) is 31.4 Å². The van der Waals surface area contributed by atoms with Crippen molar-refractivity contribution in [2.45, 2.75) is 31.9 Å². The number of anilines is 1. The van der Waals surface area contributed by atoms with Crippen molar-refractivity contribution in [3.8, 4) is 0 Å². The highest BCUT2D eigenvalue weighted by Crippen LogP contribution is 2.30. The van der Waals surface area contributed by atoms with Crippen molar-refractivity contribution in [2.75, 3.05) is 32.1 Å². The third-order valence-corrected chi connectivity index (χ3v) is 4.50. The maximum Gasteiger partial charge on any atom is 0.0782 e. The minimum absolute atomic E-state index is 0.438. The van der Waals surface area contributed by atoms with E-state index in [0.29, 0.717) is 6.04 Å². The second-order valence-electron chi connectivity index (χ2n) is 5.54. The van der Waals surface area contributed by atoms with Gasteiger partial charge in [0.25, 0.3) is 0 Å². The number of nitrogens with zero attached hydrogens (tertiary/aromatic N) is 2. The summed E-state index contributed by atoms with van der Waals surface area (Å²) in [5.74, 6) is 0. The molecular formula is C15H23BrN2O. The number of aliphatic hydroxyl groups excluding tert-OH is 1. The van der Waals surface area contributed by atoms with Crippen LogP contribution >= 0.6 is 15.9 Å². The smallest absolute Gasteiger partial charge is 0.0782 e. The Balaban J connectivity index is 2.17. The zero-order valence-corrected chi connectivity index (χ0v) is 13.5. The predicted octanol–water partition coefficient (Wildman–Crippen LogP) is 3.03. The summed E-state index contributed by atoms with van der Waals surface area (Å²) in [4.78, 5) is 4.69. The Labute approximate surface area is 124 Å². The number of likely N-dealkylation sites (tertiary alicyclic amines) is 1. The van der Waals surface area contributed by atoms with Crippen molar-refractivity contribution in [1.82, 2.24) is 4.90 Å². The minimum Gasteiger partial charge on any atom is -0.389 e. The fourth-order valence-electron chi connectivity index (χ4n) is 2.83. The molecular weight excluding hydrogens is 304 g/mol. The highest BCUT2D eigenvalue weighted by Gasteiger charge is 2.23. The van der Waals surface area contributed by atoms with Gasteiger partial charge in [0, 0.05) is 35.4 Å². The first-order valence-electron chi connectivity index (χ1n) is 6.88. The maximum absolute atomic E-state index is 9.90. The Kier molecular flexibility index (Phi) is 4.87. The lowest BCUT2D eigenvalue weighted by molar-refractivity contribution is 0.199. The van der Waals surface area contributed by atoms with Gasteiger partial charge in [0.15, 0.2) is 0 Å². The topological polar surface area (TPSA) is 26.7 Å². The Morgan fingerprint density at radius 3 is 2.84 bits per heavy atom. The van der Waals surface area contributed by atoms with E-state index >= 15 is 0 Å². The van der Waals surface area contributed by atoms with E-state index in [4.69, 9.17) is 0 Å². The van der Waals surface area contributed by atoms with Gasteiger partial charge < -0.3 is 14.9 Å². The van der Waals surface area contributed by atoms with E-state index in [2.05, 4.69) is 45.9 Å². The Morgan fingerprint density at radius 1 is 1.53 bits per heavy atom. The van der Waals surface area contributed by atoms with Crippen LogP contribution in [0.25, 0.3) is 0 Å². The normalized spacial score (nSPS) is 21.6. The van der Waals surface area contributed by atoms with Gasteiger partial charge in [-0.25, -0.2) is 0 Å². The summed E-state index contributed by atoms with van der Waals surface area (Å²) in [6, 6.07) is 6.70. The Bertz CT molecular complexity index is 436. The first-order chi connectivity index (χ1) is 8.99. The summed E-state index contributed by atoms with van der Waals surface area (Å²) in [6.07, 6.45) is 2.11. The Hall–Kier alpha value is -0.580. The first kappa shape index (κ1) is 14.8. The van der Waals surface area contributed by atoms with E-state index in [1.807, 2.05) is 19.1 Å². The number of rotatable bonds is 4. The second-order valence-corrected chi connectivity index (χ2v) is 6.45. The van der Waals surface area contributed by atoms with Crippen molar-refractivity contribution in [3.05, 3.63) is 28.2 Å². The van der Waals surface area contributed by atoms with E-state index in [1.54, 1.807) is 0 Å². The number of hydrogen-bond donors (Lipinski definition) is 1. The van der Waals surface area contributed by atoms with Gasteiger partial charge in [-0.2, -0.15) is 0 Å². The molecule has 0 saturated carbocycles. The third kappa shape index (κ3) is 3.50. The van der Waals surface area contributed by atoms with Crippen LogP contribution in [0.3, 0.4) is 0 Å². The van der Waals surface area contributed by atoms with Crippen LogP contribution < -0.4 is 4.90 Å². The average Bonchev–Trinajstić information content (AvgIpc) is 2.74. The van der Waals surface area contributed by atoms with E-state index in [1.165, 1.54) is 19.4 Å². The standard InChI is InChI=1S/C15H23BrN2O/c1-11(19)14-7-6-12(16)9-15(14)18(3)10-13-5-4-8-17(13)2/h6-7,9,11,13,19H,4-5,8,10H2,1-3H3. The molecule has 1 aromatic carbocycles. The molecule has 1 aliphatic rings. The molecule has 19 heavy (non-hydrogen) atoms. The molecule has 4 heteroatoms. The number of likely N-dealkylation sites (N-methyl/N-ethyl adjacent to an activating group) is 2. The molecule has 0 aliphatic carbocycles. The summed E-state index contributed by atoms with van der Waals surface area (Å²) >= 11 is 3.52. The fraction of sp³-hybridized carbons (Fsp3) is 0.600. The zero-order valence-electron chi connectivity index (χ0n) is 11.9. The predicted molar refractivity (Wildman–Crippen MR) is 83.7 cm³/mol. The molecule has 2 unspecified atom stereocenters. The lowest BCUT2D eigenvalue weighted by atomic mass is 10.1. The summed E-state index contributed by atoms with van der Waals surface area (Å²) in [5.41, 5.74) is 2.11. The minimum atomic E-state index is -0.438. The van der Waals surface area contributed by atoms with Crippen LogP contribution in [0.2, 0.25) is 0 Å². The number of aliphatic hydroxyl groups is 1. The molecule has 0 radical (unpaired) electrons. The van der Waals surface area contributed by atoms with E-state index in [9.17, 15) is 5.11 Å². The molecule has 0 bridgehead atoms. The molecule has 0 amide bonds. The third-order valence-electron chi connectivity index (χ3n) is 4.01. The first-order valence-corrected chi connectivity index (χ1v) is 7.67. The molecule has 3 nitrogen and oxygen atoms in total. The summed E-state index contributed by atoms with van der Waals surface area (Å²) < 4.78 is 1.05. The Morgan fingerprint density at radius 2 is 2.26 bits per heavy atom. The van der Waals surface area contributed by atoms with Gasteiger partial charge >= 0.3 is 0 Å².